The lowest BCUT2D eigenvalue weighted by Crippen LogP contribution is -2.37. The number of para-hydroxylation sites is 1. The molecule has 170 valence electrons. The lowest BCUT2D eigenvalue weighted by molar-refractivity contribution is -0.123. The molecular formula is C26H27N3O4. The minimum absolute atomic E-state index is 0.148. The third-order valence-corrected chi connectivity index (χ3v) is 5.46. The summed E-state index contributed by atoms with van der Waals surface area (Å²) < 4.78 is 11.2. The Labute approximate surface area is 193 Å². The van der Waals surface area contributed by atoms with E-state index in [0.717, 1.165) is 35.4 Å². The van der Waals surface area contributed by atoms with Gasteiger partial charge in [-0.2, -0.15) is 0 Å². The first-order chi connectivity index (χ1) is 16.2. The van der Waals surface area contributed by atoms with Gasteiger partial charge in [0.15, 0.2) is 12.4 Å². The number of ether oxygens (including phenoxy) is 2. The predicted molar refractivity (Wildman–Crippen MR) is 128 cm³/mol. The Balaban J connectivity index is 1.39. The summed E-state index contributed by atoms with van der Waals surface area (Å²) in [7, 11) is 1.63. The van der Waals surface area contributed by atoms with Crippen molar-refractivity contribution in [2.45, 2.75) is 19.4 Å². The number of carbonyl (C=O) groups is 1. The van der Waals surface area contributed by atoms with Gasteiger partial charge in [-0.25, -0.2) is 0 Å². The Morgan fingerprint density at radius 2 is 1.85 bits per heavy atom. The quantitative estimate of drug-likeness (QED) is 0.323. The number of rotatable bonds is 8. The van der Waals surface area contributed by atoms with Crippen LogP contribution in [0.15, 0.2) is 78.0 Å². The molecule has 0 saturated heterocycles. The fraction of sp³-hybridized carbons (Fsp3) is 0.231. The van der Waals surface area contributed by atoms with Crippen molar-refractivity contribution < 1.29 is 19.1 Å². The van der Waals surface area contributed by atoms with Crippen LogP contribution in [0.5, 0.6) is 11.5 Å². The Bertz CT molecular complexity index is 1130. The molecule has 0 bridgehead atoms. The molecule has 0 atom stereocenters. The van der Waals surface area contributed by atoms with E-state index in [1.165, 1.54) is 0 Å². The number of nitrogens with zero attached hydrogens (tertiary/aromatic N) is 2. The number of methoxy groups -OCH3 is 1. The van der Waals surface area contributed by atoms with Gasteiger partial charge in [-0.3, -0.25) is 4.79 Å². The Kier molecular flexibility index (Phi) is 7.09. The lowest BCUT2D eigenvalue weighted by atomic mass is 10.0. The molecule has 0 fully saturated rings. The fourth-order valence-corrected chi connectivity index (χ4v) is 3.78. The van der Waals surface area contributed by atoms with Crippen molar-refractivity contribution in [3.63, 3.8) is 0 Å². The maximum Gasteiger partial charge on any atom is 0.267 e. The van der Waals surface area contributed by atoms with Crippen molar-refractivity contribution >= 4 is 17.4 Å². The zero-order valence-corrected chi connectivity index (χ0v) is 18.6. The third kappa shape index (κ3) is 5.44. The Morgan fingerprint density at radius 3 is 2.67 bits per heavy atom. The van der Waals surface area contributed by atoms with Crippen molar-refractivity contribution in [1.82, 2.24) is 0 Å². The van der Waals surface area contributed by atoms with E-state index in [1.807, 2.05) is 66.7 Å². The van der Waals surface area contributed by atoms with Gasteiger partial charge in [0.2, 0.25) is 0 Å². The van der Waals surface area contributed by atoms with Crippen LogP contribution < -0.4 is 20.1 Å². The zero-order chi connectivity index (χ0) is 23.0. The van der Waals surface area contributed by atoms with Crippen LogP contribution in [0.3, 0.4) is 0 Å². The molecule has 4 rings (SSSR count). The van der Waals surface area contributed by atoms with Crippen LogP contribution in [0.1, 0.15) is 23.1 Å². The third-order valence-electron chi connectivity index (χ3n) is 5.46. The minimum Gasteiger partial charge on any atom is -0.497 e. The number of fused-ring (bicyclic) bond motifs is 1. The van der Waals surface area contributed by atoms with Crippen LogP contribution in [-0.4, -0.2) is 32.0 Å². The van der Waals surface area contributed by atoms with Gasteiger partial charge in [-0.15, -0.1) is 0 Å². The molecule has 7 nitrogen and oxygen atoms in total. The topological polar surface area (TPSA) is 86.4 Å². The summed E-state index contributed by atoms with van der Waals surface area (Å²) >= 11 is 0. The average Bonchev–Trinajstić information content (AvgIpc) is 2.87. The number of amidine groups is 1. The molecule has 0 unspecified atom stereocenters. The second-order valence-corrected chi connectivity index (χ2v) is 7.66. The minimum atomic E-state index is -0.209. The lowest BCUT2D eigenvalue weighted by Gasteiger charge is -2.29. The number of oxime groups is 1. The predicted octanol–water partition coefficient (Wildman–Crippen LogP) is 3.89. The molecule has 3 aromatic carbocycles. The highest BCUT2D eigenvalue weighted by atomic mass is 16.6. The number of amides is 1. The number of aryl methyl sites for hydroxylation is 1. The molecule has 0 aromatic heterocycles. The maximum absolute atomic E-state index is 12.8. The second kappa shape index (κ2) is 10.5. The van der Waals surface area contributed by atoms with Crippen molar-refractivity contribution in [3.05, 3.63) is 89.5 Å². The van der Waals surface area contributed by atoms with Crippen LogP contribution in [0.4, 0.5) is 5.69 Å². The van der Waals surface area contributed by atoms with Crippen LogP contribution in [0.2, 0.25) is 0 Å². The number of nitrogens with two attached hydrogens (primary N) is 1. The van der Waals surface area contributed by atoms with Crippen molar-refractivity contribution in [2.24, 2.45) is 10.9 Å². The maximum atomic E-state index is 12.8. The van der Waals surface area contributed by atoms with Crippen molar-refractivity contribution in [2.75, 3.05) is 25.2 Å². The van der Waals surface area contributed by atoms with E-state index in [1.54, 1.807) is 18.1 Å². The van der Waals surface area contributed by atoms with E-state index in [9.17, 15) is 4.79 Å². The summed E-state index contributed by atoms with van der Waals surface area (Å²) in [4.78, 5) is 19.9. The van der Waals surface area contributed by atoms with Gasteiger partial charge in [0, 0.05) is 12.2 Å². The average molecular weight is 446 g/mol. The SMILES string of the molecule is COc1ccc2c(c1)CCCN2C(=O)CO/N=C(/N)c1ccccc1OCc1ccccc1. The number of hydrogen-bond acceptors (Lipinski definition) is 5. The van der Waals surface area contributed by atoms with E-state index in [-0.39, 0.29) is 18.3 Å². The smallest absolute Gasteiger partial charge is 0.267 e. The van der Waals surface area contributed by atoms with Crippen LogP contribution in [-0.2, 0) is 22.7 Å². The second-order valence-electron chi connectivity index (χ2n) is 7.66. The molecule has 0 radical (unpaired) electrons. The number of carbonyl (C=O) groups excluding carboxylic acids is 1. The van der Waals surface area contributed by atoms with E-state index in [2.05, 4.69) is 5.16 Å². The highest BCUT2D eigenvalue weighted by Crippen LogP contribution is 2.30. The van der Waals surface area contributed by atoms with Gasteiger partial charge in [0.1, 0.15) is 18.1 Å². The van der Waals surface area contributed by atoms with Gasteiger partial charge in [0.05, 0.1) is 12.7 Å². The van der Waals surface area contributed by atoms with E-state index >= 15 is 0 Å². The number of anilines is 1. The van der Waals surface area contributed by atoms with Gasteiger partial charge in [0.25, 0.3) is 5.91 Å². The summed E-state index contributed by atoms with van der Waals surface area (Å²) in [6, 6.07) is 22.9. The molecule has 2 N–H and O–H groups in total. The molecule has 0 aliphatic carbocycles. The molecule has 33 heavy (non-hydrogen) atoms. The first kappa shape index (κ1) is 22.2. The summed E-state index contributed by atoms with van der Waals surface area (Å²) in [6.07, 6.45) is 1.78. The van der Waals surface area contributed by atoms with Crippen LogP contribution in [0, 0.1) is 0 Å². The van der Waals surface area contributed by atoms with E-state index < -0.39 is 0 Å². The van der Waals surface area contributed by atoms with Gasteiger partial charge in [-0.1, -0.05) is 47.6 Å². The van der Waals surface area contributed by atoms with Crippen LogP contribution >= 0.6 is 0 Å². The standard InChI is InChI=1S/C26H27N3O4/c1-31-21-13-14-23-20(16-21)10-7-15-29(23)25(30)18-33-28-26(27)22-11-5-6-12-24(22)32-17-19-8-3-2-4-9-19/h2-6,8-9,11-14,16H,7,10,15,17-18H2,1H3,(H2,27,28). The first-order valence-corrected chi connectivity index (χ1v) is 10.8. The molecule has 0 saturated carbocycles. The van der Waals surface area contributed by atoms with Crippen molar-refractivity contribution in [3.8, 4) is 11.5 Å². The highest BCUT2D eigenvalue weighted by Gasteiger charge is 2.23. The summed E-state index contributed by atoms with van der Waals surface area (Å²) in [5.74, 6) is 1.35. The van der Waals surface area contributed by atoms with Crippen molar-refractivity contribution in [1.29, 1.82) is 0 Å². The Hall–Kier alpha value is -4.00. The van der Waals surface area contributed by atoms with Gasteiger partial charge < -0.3 is 24.9 Å². The number of hydrogen-bond donors (Lipinski definition) is 1. The molecular weight excluding hydrogens is 418 g/mol. The number of benzene rings is 3. The fourth-order valence-electron chi connectivity index (χ4n) is 3.78. The van der Waals surface area contributed by atoms with Crippen LogP contribution in [0.25, 0.3) is 0 Å². The molecule has 1 heterocycles. The molecule has 1 amide bonds. The Morgan fingerprint density at radius 1 is 1.06 bits per heavy atom. The molecule has 3 aromatic rings. The van der Waals surface area contributed by atoms with E-state index in [4.69, 9.17) is 20.0 Å². The molecule has 1 aliphatic rings. The normalized spacial score (nSPS) is 13.2. The first-order valence-electron chi connectivity index (χ1n) is 10.8. The monoisotopic (exact) mass is 445 g/mol. The molecule has 0 spiro atoms. The van der Waals surface area contributed by atoms with Gasteiger partial charge in [-0.05, 0) is 54.3 Å². The molecule has 1 aliphatic heterocycles. The van der Waals surface area contributed by atoms with Gasteiger partial charge >= 0.3 is 0 Å². The summed E-state index contributed by atoms with van der Waals surface area (Å²) in [6.45, 7) is 0.833. The highest BCUT2D eigenvalue weighted by molar-refractivity contribution is 6.00. The summed E-state index contributed by atoms with van der Waals surface area (Å²) in [5, 5.41) is 3.98. The molecule has 7 heteroatoms. The summed E-state index contributed by atoms with van der Waals surface area (Å²) in [5.41, 5.74) is 9.76. The van der Waals surface area contributed by atoms with E-state index in [0.29, 0.717) is 24.5 Å². The zero-order valence-electron chi connectivity index (χ0n) is 18.6. The largest absolute Gasteiger partial charge is 0.497 e.